The molecule has 0 bridgehead atoms. The Morgan fingerprint density at radius 3 is 2.68 bits per heavy atom. The molecular formula is C21H20N4O3. The average Bonchev–Trinajstić information content (AvgIpc) is 3.06. The lowest BCUT2D eigenvalue weighted by Gasteiger charge is -2.39. The van der Waals surface area contributed by atoms with Gasteiger partial charge in [-0.25, -0.2) is 4.98 Å². The summed E-state index contributed by atoms with van der Waals surface area (Å²) in [6, 6.07) is 13.0. The van der Waals surface area contributed by atoms with Crippen molar-refractivity contribution in [3.63, 3.8) is 0 Å². The van der Waals surface area contributed by atoms with Crippen molar-refractivity contribution in [2.45, 2.75) is 19.4 Å². The Labute approximate surface area is 163 Å². The summed E-state index contributed by atoms with van der Waals surface area (Å²) in [6.45, 7) is 3.34. The molecule has 2 aliphatic heterocycles. The maximum atomic E-state index is 12.7. The molecule has 1 unspecified atom stereocenters. The molecule has 0 radical (unpaired) electrons. The van der Waals surface area contributed by atoms with E-state index >= 15 is 0 Å². The largest absolute Gasteiger partial charge is 0.471 e. The molecule has 2 aromatic rings. The molecule has 1 aromatic heterocycles. The van der Waals surface area contributed by atoms with Crippen molar-refractivity contribution in [1.29, 1.82) is 5.26 Å². The third kappa shape index (κ3) is 3.54. The quantitative estimate of drug-likeness (QED) is 0.813. The van der Waals surface area contributed by atoms with Crippen molar-refractivity contribution < 1.29 is 14.3 Å². The van der Waals surface area contributed by atoms with E-state index < -0.39 is 0 Å². The van der Waals surface area contributed by atoms with E-state index in [4.69, 9.17) is 10.00 Å². The molecule has 2 aliphatic rings. The Morgan fingerprint density at radius 2 is 1.96 bits per heavy atom. The summed E-state index contributed by atoms with van der Waals surface area (Å²) < 4.78 is 5.73. The normalized spacial score (nSPS) is 19.3. The maximum absolute atomic E-state index is 12.7. The van der Waals surface area contributed by atoms with Crippen molar-refractivity contribution in [1.82, 2.24) is 9.88 Å². The van der Waals surface area contributed by atoms with Crippen LogP contribution in [-0.4, -0.2) is 47.4 Å². The van der Waals surface area contributed by atoms with Gasteiger partial charge in [0.25, 0.3) is 0 Å². The number of hydrogen-bond donors (Lipinski definition) is 0. The van der Waals surface area contributed by atoms with Crippen molar-refractivity contribution in [2.75, 3.05) is 24.5 Å². The topological polar surface area (TPSA) is 86.5 Å². The molecule has 28 heavy (non-hydrogen) atoms. The van der Waals surface area contributed by atoms with Gasteiger partial charge in [0.15, 0.2) is 0 Å². The SMILES string of the molecule is Cc1ccc(N2CC(C(=O)N3CC(Oc4cc(C#N)ccn4)C3)CC2=O)cc1. The number of carbonyl (C=O) groups is 2. The Bertz CT molecular complexity index is 945. The number of likely N-dealkylation sites (tertiary alicyclic amines) is 1. The molecule has 0 aliphatic carbocycles. The first kappa shape index (κ1) is 18.0. The van der Waals surface area contributed by atoms with Gasteiger partial charge in [0.2, 0.25) is 17.7 Å². The molecule has 1 aromatic carbocycles. The molecule has 1 atom stereocenters. The number of nitriles is 1. The lowest BCUT2D eigenvalue weighted by Crippen LogP contribution is -2.57. The van der Waals surface area contributed by atoms with E-state index in [1.54, 1.807) is 21.9 Å². The Kier molecular flexibility index (Phi) is 4.70. The van der Waals surface area contributed by atoms with Gasteiger partial charge < -0.3 is 14.5 Å². The molecule has 7 nitrogen and oxygen atoms in total. The van der Waals surface area contributed by atoms with Crippen LogP contribution in [0.3, 0.4) is 0 Å². The Balaban J connectivity index is 1.32. The van der Waals surface area contributed by atoms with E-state index in [1.165, 1.54) is 6.20 Å². The lowest BCUT2D eigenvalue weighted by molar-refractivity contribution is -0.144. The van der Waals surface area contributed by atoms with Gasteiger partial charge in [-0.05, 0) is 25.1 Å². The highest BCUT2D eigenvalue weighted by Crippen LogP contribution is 2.28. The van der Waals surface area contributed by atoms with Gasteiger partial charge in [-0.1, -0.05) is 17.7 Å². The lowest BCUT2D eigenvalue weighted by atomic mass is 10.0. The number of carbonyl (C=O) groups excluding carboxylic acids is 2. The van der Waals surface area contributed by atoms with Crippen LogP contribution in [-0.2, 0) is 9.59 Å². The van der Waals surface area contributed by atoms with E-state index in [-0.39, 0.29) is 30.3 Å². The zero-order valence-electron chi connectivity index (χ0n) is 15.5. The number of hydrogen-bond acceptors (Lipinski definition) is 5. The molecule has 0 saturated carbocycles. The smallest absolute Gasteiger partial charge is 0.228 e. The van der Waals surface area contributed by atoms with Gasteiger partial charge in [0, 0.05) is 30.9 Å². The minimum absolute atomic E-state index is 0.0125. The van der Waals surface area contributed by atoms with Gasteiger partial charge in [0.1, 0.15) is 6.10 Å². The number of pyridine rings is 1. The monoisotopic (exact) mass is 376 g/mol. The van der Waals surface area contributed by atoms with Crippen LogP contribution in [0.15, 0.2) is 42.6 Å². The summed E-state index contributed by atoms with van der Waals surface area (Å²) in [5, 5.41) is 8.92. The summed E-state index contributed by atoms with van der Waals surface area (Å²) in [7, 11) is 0. The van der Waals surface area contributed by atoms with E-state index in [0.717, 1.165) is 11.3 Å². The summed E-state index contributed by atoms with van der Waals surface area (Å²) in [4.78, 5) is 32.6. The number of aryl methyl sites for hydroxylation is 1. The van der Waals surface area contributed by atoms with E-state index in [2.05, 4.69) is 4.98 Å². The molecular weight excluding hydrogens is 356 g/mol. The van der Waals surface area contributed by atoms with Crippen LogP contribution in [0.4, 0.5) is 5.69 Å². The average molecular weight is 376 g/mol. The highest BCUT2D eigenvalue weighted by atomic mass is 16.5. The van der Waals surface area contributed by atoms with Crippen molar-refractivity contribution in [3.05, 3.63) is 53.7 Å². The molecule has 142 valence electrons. The first-order valence-electron chi connectivity index (χ1n) is 9.22. The first-order valence-corrected chi connectivity index (χ1v) is 9.22. The fourth-order valence-corrected chi connectivity index (χ4v) is 3.51. The Hall–Kier alpha value is -3.40. The second-order valence-corrected chi connectivity index (χ2v) is 7.22. The second-order valence-electron chi connectivity index (χ2n) is 7.22. The second kappa shape index (κ2) is 7.31. The summed E-state index contributed by atoms with van der Waals surface area (Å²) in [6.07, 6.45) is 1.62. The van der Waals surface area contributed by atoms with Crippen LogP contribution < -0.4 is 9.64 Å². The van der Waals surface area contributed by atoms with Gasteiger partial charge >= 0.3 is 0 Å². The van der Waals surface area contributed by atoms with Crippen molar-refractivity contribution >= 4 is 17.5 Å². The van der Waals surface area contributed by atoms with E-state index in [1.807, 2.05) is 37.3 Å². The zero-order chi connectivity index (χ0) is 19.7. The van der Waals surface area contributed by atoms with Crippen LogP contribution in [0.1, 0.15) is 17.5 Å². The highest BCUT2D eigenvalue weighted by Gasteiger charge is 2.41. The van der Waals surface area contributed by atoms with Gasteiger partial charge in [-0.3, -0.25) is 9.59 Å². The number of anilines is 1. The van der Waals surface area contributed by atoms with Gasteiger partial charge in [-0.15, -0.1) is 0 Å². The maximum Gasteiger partial charge on any atom is 0.228 e. The summed E-state index contributed by atoms with van der Waals surface area (Å²) >= 11 is 0. The van der Waals surface area contributed by atoms with Gasteiger partial charge in [0.05, 0.1) is 30.6 Å². The molecule has 3 heterocycles. The zero-order valence-corrected chi connectivity index (χ0v) is 15.5. The fourth-order valence-electron chi connectivity index (χ4n) is 3.51. The number of amides is 2. The molecule has 0 spiro atoms. The predicted molar refractivity (Wildman–Crippen MR) is 102 cm³/mol. The summed E-state index contributed by atoms with van der Waals surface area (Å²) in [5.41, 5.74) is 2.45. The van der Waals surface area contributed by atoms with Gasteiger partial charge in [-0.2, -0.15) is 5.26 Å². The van der Waals surface area contributed by atoms with Crippen molar-refractivity contribution in [3.8, 4) is 11.9 Å². The summed E-state index contributed by atoms with van der Waals surface area (Å²) in [5.74, 6) is 0.0297. The van der Waals surface area contributed by atoms with Crippen LogP contribution in [0, 0.1) is 24.2 Å². The Morgan fingerprint density at radius 1 is 1.21 bits per heavy atom. The van der Waals surface area contributed by atoms with Crippen LogP contribution in [0.5, 0.6) is 5.88 Å². The fraction of sp³-hybridized carbons (Fsp3) is 0.333. The van der Waals surface area contributed by atoms with E-state index in [0.29, 0.717) is 31.1 Å². The van der Waals surface area contributed by atoms with Crippen LogP contribution >= 0.6 is 0 Å². The number of ether oxygens (including phenoxy) is 1. The predicted octanol–water partition coefficient (Wildman–Crippen LogP) is 1.90. The molecule has 2 fully saturated rings. The van der Waals surface area contributed by atoms with Crippen molar-refractivity contribution in [2.24, 2.45) is 5.92 Å². The molecule has 4 rings (SSSR count). The molecule has 2 saturated heterocycles. The minimum atomic E-state index is -0.324. The first-order chi connectivity index (χ1) is 13.5. The number of benzene rings is 1. The third-order valence-corrected chi connectivity index (χ3v) is 5.13. The highest BCUT2D eigenvalue weighted by molar-refractivity contribution is 6.00. The number of rotatable bonds is 4. The van der Waals surface area contributed by atoms with Crippen LogP contribution in [0.25, 0.3) is 0 Å². The van der Waals surface area contributed by atoms with E-state index in [9.17, 15) is 9.59 Å². The molecule has 0 N–H and O–H groups in total. The minimum Gasteiger partial charge on any atom is -0.471 e. The number of aromatic nitrogens is 1. The van der Waals surface area contributed by atoms with Crippen LogP contribution in [0.2, 0.25) is 0 Å². The third-order valence-electron chi connectivity index (χ3n) is 5.13. The number of nitrogens with zero attached hydrogens (tertiary/aromatic N) is 4. The molecule has 2 amide bonds. The molecule has 7 heteroatoms. The standard InChI is InChI=1S/C21H20N4O3/c1-14-2-4-17(5-3-14)25-11-16(9-20(25)26)21(27)24-12-18(13-24)28-19-8-15(10-22)6-7-23-19/h2-8,16,18H,9,11-13H2,1H3.